The zero-order chi connectivity index (χ0) is 14.4. The van der Waals surface area contributed by atoms with Gasteiger partial charge in [-0.3, -0.25) is 4.57 Å². The lowest BCUT2D eigenvalue weighted by Gasteiger charge is -2.28. The van der Waals surface area contributed by atoms with Gasteiger partial charge in [-0.25, -0.2) is 9.97 Å². The molecule has 3 aromatic rings. The van der Waals surface area contributed by atoms with Gasteiger partial charge in [-0.05, 0) is 36.9 Å². The number of fused-ring (bicyclic) bond motifs is 2. The van der Waals surface area contributed by atoms with Crippen molar-refractivity contribution in [2.75, 3.05) is 11.6 Å². The highest BCUT2D eigenvalue weighted by Gasteiger charge is 2.41. The number of imidazole rings is 1. The Bertz CT molecular complexity index is 829. The lowest BCUT2D eigenvalue weighted by atomic mass is 10.2. The Morgan fingerprint density at radius 2 is 2.14 bits per heavy atom. The van der Waals surface area contributed by atoms with Crippen LogP contribution in [0.2, 0.25) is 0 Å². The fraction of sp³-hybridized carbons (Fsp3) is 0.200. The fourth-order valence-electron chi connectivity index (χ4n) is 2.58. The number of aromatic nitrogens is 3. The van der Waals surface area contributed by atoms with Crippen LogP contribution in [0, 0.1) is 6.92 Å². The van der Waals surface area contributed by atoms with Crippen LogP contribution in [0.1, 0.15) is 5.56 Å². The molecule has 0 radical (unpaired) electrons. The molecule has 0 saturated carbocycles. The molecule has 2 aromatic heterocycles. The summed E-state index contributed by atoms with van der Waals surface area (Å²) in [6.07, 6.45) is 5.79. The van der Waals surface area contributed by atoms with E-state index in [-0.39, 0.29) is 4.33 Å². The molecule has 1 aromatic carbocycles. The monoisotopic (exact) mass is 314 g/mol. The topological polar surface area (TPSA) is 42.7 Å². The summed E-state index contributed by atoms with van der Waals surface area (Å²) in [5, 5.41) is 3.67. The summed E-state index contributed by atoms with van der Waals surface area (Å²) >= 11 is 3.56. The molecule has 1 N–H and O–H groups in total. The smallest absolute Gasteiger partial charge is 0.219 e. The van der Waals surface area contributed by atoms with Gasteiger partial charge in [0.2, 0.25) is 4.33 Å². The van der Waals surface area contributed by atoms with Crippen molar-refractivity contribution in [3.05, 3.63) is 48.4 Å². The summed E-state index contributed by atoms with van der Waals surface area (Å²) in [5.74, 6) is 0. The van der Waals surface area contributed by atoms with Crippen LogP contribution in [0.3, 0.4) is 0 Å². The van der Waals surface area contributed by atoms with Crippen molar-refractivity contribution in [1.29, 1.82) is 0 Å². The molecule has 1 atom stereocenters. The molecule has 21 heavy (non-hydrogen) atoms. The second kappa shape index (κ2) is 4.68. The van der Waals surface area contributed by atoms with Gasteiger partial charge in [0, 0.05) is 11.1 Å². The van der Waals surface area contributed by atoms with Crippen molar-refractivity contribution in [3.8, 4) is 0 Å². The van der Waals surface area contributed by atoms with Gasteiger partial charge in [0.25, 0.3) is 0 Å². The minimum atomic E-state index is -0.336. The number of aryl methyl sites for hydroxylation is 1. The van der Waals surface area contributed by atoms with E-state index >= 15 is 0 Å². The number of pyridine rings is 1. The molecule has 0 saturated heterocycles. The molecular formula is C15H14N4S2. The molecule has 0 aliphatic carbocycles. The van der Waals surface area contributed by atoms with Crippen LogP contribution in [0.25, 0.3) is 11.2 Å². The molecule has 106 valence electrons. The van der Waals surface area contributed by atoms with Crippen molar-refractivity contribution in [2.24, 2.45) is 0 Å². The molecule has 4 nitrogen and oxygen atoms in total. The van der Waals surface area contributed by atoms with Crippen LogP contribution in [-0.4, -0.2) is 20.8 Å². The zero-order valence-corrected chi connectivity index (χ0v) is 13.3. The quantitative estimate of drug-likeness (QED) is 0.777. The van der Waals surface area contributed by atoms with Gasteiger partial charge in [0.1, 0.15) is 11.8 Å². The molecule has 0 bridgehead atoms. The normalized spacial score (nSPS) is 20.5. The molecule has 3 heterocycles. The fourth-order valence-corrected chi connectivity index (χ4v) is 4.86. The molecular weight excluding hydrogens is 300 g/mol. The van der Waals surface area contributed by atoms with Gasteiger partial charge in [-0.2, -0.15) is 0 Å². The SMILES string of the molecule is CSC1(n2cnc3cccnc32)Nc2c(C)cccc2S1. The third-order valence-electron chi connectivity index (χ3n) is 3.67. The summed E-state index contributed by atoms with van der Waals surface area (Å²) in [6, 6.07) is 10.3. The highest BCUT2D eigenvalue weighted by Crippen LogP contribution is 2.54. The first kappa shape index (κ1) is 13.0. The molecule has 0 spiro atoms. The van der Waals surface area contributed by atoms with Crippen molar-refractivity contribution >= 4 is 40.4 Å². The Labute approximate surface area is 131 Å². The number of para-hydroxylation sites is 1. The van der Waals surface area contributed by atoms with Gasteiger partial charge < -0.3 is 5.32 Å². The summed E-state index contributed by atoms with van der Waals surface area (Å²) in [6.45, 7) is 2.13. The Morgan fingerprint density at radius 1 is 1.24 bits per heavy atom. The first-order valence-electron chi connectivity index (χ1n) is 6.64. The molecule has 4 rings (SSSR count). The van der Waals surface area contributed by atoms with Crippen molar-refractivity contribution in [1.82, 2.24) is 14.5 Å². The lowest BCUT2D eigenvalue weighted by molar-refractivity contribution is 0.720. The first-order valence-corrected chi connectivity index (χ1v) is 8.68. The van der Waals surface area contributed by atoms with Crippen LogP contribution in [0.15, 0.2) is 47.8 Å². The van der Waals surface area contributed by atoms with E-state index in [1.54, 1.807) is 23.5 Å². The standard InChI is InChI=1S/C15H14N4S2/c1-10-5-3-7-12-13(10)18-15(20-2,21-12)19-9-17-11-6-4-8-16-14(11)19/h3-9,18H,1-2H3. The predicted molar refractivity (Wildman–Crippen MR) is 89.7 cm³/mol. The number of hydrogen-bond donors (Lipinski definition) is 1. The highest BCUT2D eigenvalue weighted by atomic mass is 32.2. The lowest BCUT2D eigenvalue weighted by Crippen LogP contribution is -2.31. The summed E-state index contributed by atoms with van der Waals surface area (Å²) in [4.78, 5) is 10.2. The van der Waals surface area contributed by atoms with Gasteiger partial charge in [-0.15, -0.1) is 11.8 Å². The van der Waals surface area contributed by atoms with E-state index in [2.05, 4.69) is 51.2 Å². The van der Waals surface area contributed by atoms with Crippen LogP contribution in [0.4, 0.5) is 5.69 Å². The number of anilines is 1. The van der Waals surface area contributed by atoms with E-state index < -0.39 is 0 Å². The van der Waals surface area contributed by atoms with Gasteiger partial charge in [0.15, 0.2) is 5.65 Å². The van der Waals surface area contributed by atoms with Crippen molar-refractivity contribution in [3.63, 3.8) is 0 Å². The molecule has 6 heteroatoms. The third-order valence-corrected chi connectivity index (χ3v) is 6.40. The maximum absolute atomic E-state index is 4.50. The van der Waals surface area contributed by atoms with Crippen molar-refractivity contribution < 1.29 is 0 Å². The summed E-state index contributed by atoms with van der Waals surface area (Å²) < 4.78 is 1.79. The maximum atomic E-state index is 4.50. The third kappa shape index (κ3) is 1.86. The van der Waals surface area contributed by atoms with E-state index in [0.717, 1.165) is 11.2 Å². The van der Waals surface area contributed by atoms with E-state index in [1.807, 2.05) is 24.7 Å². The second-order valence-electron chi connectivity index (χ2n) is 4.92. The number of nitrogens with one attached hydrogen (secondary N) is 1. The minimum Gasteiger partial charge on any atom is -0.344 e. The van der Waals surface area contributed by atoms with E-state index in [0.29, 0.717) is 0 Å². The van der Waals surface area contributed by atoms with Crippen LogP contribution in [0.5, 0.6) is 0 Å². The highest BCUT2D eigenvalue weighted by molar-refractivity contribution is 8.17. The Balaban J connectivity index is 1.89. The Hall–Kier alpha value is -1.66. The number of nitrogens with zero attached hydrogens (tertiary/aromatic N) is 3. The van der Waals surface area contributed by atoms with Gasteiger partial charge in [0.05, 0.1) is 5.69 Å². The van der Waals surface area contributed by atoms with Crippen molar-refractivity contribution in [2.45, 2.75) is 16.1 Å². The average molecular weight is 314 g/mol. The van der Waals surface area contributed by atoms with Crippen LogP contribution in [-0.2, 0) is 4.33 Å². The molecule has 1 aliphatic rings. The Kier molecular flexibility index (Phi) is 2.90. The molecule has 1 unspecified atom stereocenters. The van der Waals surface area contributed by atoms with Crippen LogP contribution < -0.4 is 5.32 Å². The zero-order valence-electron chi connectivity index (χ0n) is 11.7. The van der Waals surface area contributed by atoms with E-state index in [9.17, 15) is 0 Å². The van der Waals surface area contributed by atoms with E-state index in [1.165, 1.54) is 16.1 Å². The van der Waals surface area contributed by atoms with Gasteiger partial charge >= 0.3 is 0 Å². The van der Waals surface area contributed by atoms with E-state index in [4.69, 9.17) is 0 Å². The largest absolute Gasteiger partial charge is 0.344 e. The van der Waals surface area contributed by atoms with Gasteiger partial charge in [-0.1, -0.05) is 23.9 Å². The molecule has 0 amide bonds. The number of benzene rings is 1. The molecule has 1 aliphatic heterocycles. The number of rotatable bonds is 2. The van der Waals surface area contributed by atoms with Crippen LogP contribution >= 0.6 is 23.5 Å². The minimum absolute atomic E-state index is 0.336. The average Bonchev–Trinajstić information content (AvgIpc) is 3.09. The number of thioether (sulfide) groups is 2. The number of hydrogen-bond acceptors (Lipinski definition) is 5. The molecule has 0 fully saturated rings. The second-order valence-corrected chi connectivity index (χ2v) is 7.41. The predicted octanol–water partition coefficient (Wildman–Crippen LogP) is 3.89. The summed E-state index contributed by atoms with van der Waals surface area (Å²) in [5.41, 5.74) is 4.28. The maximum Gasteiger partial charge on any atom is 0.219 e. The summed E-state index contributed by atoms with van der Waals surface area (Å²) in [7, 11) is 0. The first-order chi connectivity index (χ1) is 10.2. The Morgan fingerprint density at radius 3 is 2.95 bits per heavy atom.